The molecule has 0 aliphatic heterocycles. The molecule has 1 aromatic carbocycles. The number of primary amides is 1. The average molecular weight is 348 g/mol. The van der Waals surface area contributed by atoms with Crippen molar-refractivity contribution < 1.29 is 9.90 Å². The second-order valence-electron chi connectivity index (χ2n) is 7.38. The first kappa shape index (κ1) is 21.7. The van der Waals surface area contributed by atoms with E-state index in [1.165, 1.54) is 36.0 Å². The van der Waals surface area contributed by atoms with E-state index in [9.17, 15) is 9.90 Å². The summed E-state index contributed by atoms with van der Waals surface area (Å²) in [6.45, 7) is 8.42. The van der Waals surface area contributed by atoms with Crippen molar-refractivity contribution in [2.75, 3.05) is 0 Å². The normalized spacial score (nSPS) is 18.5. The number of nitrogens with two attached hydrogens (primary N) is 1. The summed E-state index contributed by atoms with van der Waals surface area (Å²) < 4.78 is 0. The summed E-state index contributed by atoms with van der Waals surface area (Å²) in [5.41, 5.74) is 9.29. The Labute approximate surface area is 154 Å². The lowest BCUT2D eigenvalue weighted by atomic mass is 9.79. The van der Waals surface area contributed by atoms with Gasteiger partial charge in [0.2, 0.25) is 5.91 Å². The zero-order valence-corrected chi connectivity index (χ0v) is 16.6. The minimum Gasteiger partial charge on any atom is -0.393 e. The smallest absolute Gasteiger partial charge is 0.217 e. The Morgan fingerprint density at radius 2 is 1.96 bits per heavy atom. The van der Waals surface area contributed by atoms with E-state index in [2.05, 4.69) is 32.0 Å². The molecule has 3 atom stereocenters. The highest BCUT2D eigenvalue weighted by Gasteiger charge is 2.23. The van der Waals surface area contributed by atoms with Gasteiger partial charge in [0.15, 0.2) is 0 Å². The van der Waals surface area contributed by atoms with E-state index in [0.717, 1.165) is 31.6 Å². The maximum atomic E-state index is 9.82. The molecule has 3 heteroatoms. The number of benzene rings is 1. The second-order valence-corrected chi connectivity index (χ2v) is 7.38. The number of aliphatic hydroxyl groups excluding tert-OH is 1. The van der Waals surface area contributed by atoms with Gasteiger partial charge in [-0.05, 0) is 74.0 Å². The van der Waals surface area contributed by atoms with Crippen molar-refractivity contribution in [3.05, 3.63) is 34.9 Å². The van der Waals surface area contributed by atoms with Gasteiger partial charge in [-0.25, -0.2) is 0 Å². The van der Waals surface area contributed by atoms with E-state index in [4.69, 9.17) is 5.73 Å². The van der Waals surface area contributed by atoms with Gasteiger partial charge in [0.1, 0.15) is 0 Å². The summed E-state index contributed by atoms with van der Waals surface area (Å²) in [5.74, 6) is 0.971. The zero-order valence-electron chi connectivity index (χ0n) is 16.6. The van der Waals surface area contributed by atoms with E-state index in [-0.39, 0.29) is 12.0 Å². The van der Waals surface area contributed by atoms with Crippen molar-refractivity contribution in [3.63, 3.8) is 0 Å². The van der Waals surface area contributed by atoms with Crippen LogP contribution in [0, 0.1) is 5.92 Å². The van der Waals surface area contributed by atoms with Gasteiger partial charge in [-0.1, -0.05) is 45.4 Å². The number of hydrogen-bond acceptors (Lipinski definition) is 2. The van der Waals surface area contributed by atoms with Crippen molar-refractivity contribution in [3.8, 4) is 0 Å². The number of aliphatic hydroxyl groups is 1. The number of rotatable bonds is 7. The molecule has 3 unspecified atom stereocenters. The third kappa shape index (κ3) is 7.19. The molecule has 0 saturated carbocycles. The molecule has 2 rings (SSSR count). The molecule has 0 aromatic heterocycles. The van der Waals surface area contributed by atoms with Gasteiger partial charge in [-0.3, -0.25) is 4.79 Å². The Balaban J connectivity index is 0.000000450. The minimum absolute atomic E-state index is 0.170. The number of amides is 1. The van der Waals surface area contributed by atoms with Gasteiger partial charge in [0, 0.05) is 6.42 Å². The summed E-state index contributed by atoms with van der Waals surface area (Å²) in [7, 11) is 0. The van der Waals surface area contributed by atoms with Crippen LogP contribution >= 0.6 is 0 Å². The third-order valence-corrected chi connectivity index (χ3v) is 5.28. The van der Waals surface area contributed by atoms with E-state index in [1.807, 2.05) is 13.8 Å². The number of fused-ring (bicyclic) bond motifs is 1. The highest BCUT2D eigenvalue weighted by Crippen LogP contribution is 2.32. The highest BCUT2D eigenvalue weighted by atomic mass is 16.3. The van der Waals surface area contributed by atoms with Gasteiger partial charge in [-0.15, -0.1) is 0 Å². The third-order valence-electron chi connectivity index (χ3n) is 5.28. The second kappa shape index (κ2) is 11.3. The quantitative estimate of drug-likeness (QED) is 0.748. The van der Waals surface area contributed by atoms with Crippen LogP contribution in [0.4, 0.5) is 0 Å². The van der Waals surface area contributed by atoms with Crippen molar-refractivity contribution in [1.29, 1.82) is 0 Å². The molecule has 0 heterocycles. The molecule has 0 radical (unpaired) electrons. The molecule has 142 valence electrons. The maximum Gasteiger partial charge on any atom is 0.217 e. The fourth-order valence-corrected chi connectivity index (χ4v) is 3.67. The van der Waals surface area contributed by atoms with E-state index < -0.39 is 0 Å². The fraction of sp³-hybridized carbons (Fsp3) is 0.682. The predicted octanol–water partition coefficient (Wildman–Crippen LogP) is 4.74. The highest BCUT2D eigenvalue weighted by molar-refractivity contribution is 5.73. The van der Waals surface area contributed by atoms with Crippen LogP contribution in [0.15, 0.2) is 18.2 Å². The number of aryl methyl sites for hydroxylation is 1. The monoisotopic (exact) mass is 347 g/mol. The summed E-state index contributed by atoms with van der Waals surface area (Å²) in [6, 6.07) is 7.09. The van der Waals surface area contributed by atoms with Gasteiger partial charge >= 0.3 is 0 Å². The molecule has 0 spiro atoms. The molecule has 1 aromatic rings. The lowest BCUT2D eigenvalue weighted by Gasteiger charge is -2.28. The van der Waals surface area contributed by atoms with Crippen LogP contribution in [0.3, 0.4) is 0 Å². The van der Waals surface area contributed by atoms with Gasteiger partial charge in [0.25, 0.3) is 0 Å². The van der Waals surface area contributed by atoms with E-state index in [1.54, 1.807) is 0 Å². The zero-order chi connectivity index (χ0) is 18.8. The molecule has 3 nitrogen and oxygen atoms in total. The summed E-state index contributed by atoms with van der Waals surface area (Å²) in [6.07, 6.45) is 8.33. The lowest BCUT2D eigenvalue weighted by molar-refractivity contribution is -0.118. The number of carbonyl (C=O) groups is 1. The van der Waals surface area contributed by atoms with Crippen LogP contribution in [0.2, 0.25) is 0 Å². The molecule has 1 aliphatic carbocycles. The maximum absolute atomic E-state index is 9.82. The molecule has 1 amide bonds. The molecule has 1 aliphatic rings. The van der Waals surface area contributed by atoms with Crippen LogP contribution < -0.4 is 5.73 Å². The first-order chi connectivity index (χ1) is 11.9. The molecule has 25 heavy (non-hydrogen) atoms. The molecular formula is C22H37NO2. The van der Waals surface area contributed by atoms with Gasteiger partial charge < -0.3 is 10.8 Å². The fourth-order valence-electron chi connectivity index (χ4n) is 3.67. The first-order valence-electron chi connectivity index (χ1n) is 10.0. The number of hydrogen-bond donors (Lipinski definition) is 2. The van der Waals surface area contributed by atoms with Gasteiger partial charge in [0.05, 0.1) is 6.10 Å². The van der Waals surface area contributed by atoms with Crippen molar-refractivity contribution in [1.82, 2.24) is 0 Å². The summed E-state index contributed by atoms with van der Waals surface area (Å²) >= 11 is 0. The molecule has 3 N–H and O–H groups in total. The Morgan fingerprint density at radius 1 is 1.24 bits per heavy atom. The van der Waals surface area contributed by atoms with Crippen molar-refractivity contribution in [2.45, 2.75) is 91.1 Å². The molecular weight excluding hydrogens is 310 g/mol. The van der Waals surface area contributed by atoms with Crippen molar-refractivity contribution in [2.24, 2.45) is 11.7 Å². The Bertz CT molecular complexity index is 525. The van der Waals surface area contributed by atoms with E-state index in [0.29, 0.717) is 12.3 Å². The first-order valence-corrected chi connectivity index (χ1v) is 10.0. The number of carbonyl (C=O) groups excluding carboxylic acids is 1. The minimum atomic E-state index is -0.211. The van der Waals surface area contributed by atoms with Crippen LogP contribution in [0.25, 0.3) is 0 Å². The Morgan fingerprint density at radius 3 is 2.44 bits per heavy atom. The van der Waals surface area contributed by atoms with Crippen LogP contribution in [-0.2, 0) is 17.6 Å². The Kier molecular flexibility index (Phi) is 9.81. The van der Waals surface area contributed by atoms with Crippen LogP contribution in [0.1, 0.15) is 88.8 Å². The summed E-state index contributed by atoms with van der Waals surface area (Å²) in [5, 5.41) is 9.75. The molecule has 0 fully saturated rings. The summed E-state index contributed by atoms with van der Waals surface area (Å²) in [4.78, 5) is 9.82. The molecule has 0 bridgehead atoms. The Hall–Kier alpha value is -1.35. The largest absolute Gasteiger partial charge is 0.393 e. The molecule has 0 saturated heterocycles. The predicted molar refractivity (Wildman–Crippen MR) is 106 cm³/mol. The SMILES string of the molecule is CCCC(CC)c1ccc2c(c1)CCC(C(C)O)C2.CCCC(N)=O. The average Bonchev–Trinajstić information content (AvgIpc) is 2.59. The van der Waals surface area contributed by atoms with Crippen molar-refractivity contribution >= 4 is 5.91 Å². The topological polar surface area (TPSA) is 63.3 Å². The van der Waals surface area contributed by atoms with Crippen LogP contribution in [0.5, 0.6) is 0 Å². The standard InChI is InChI=1S/C18H28O.C4H9NO/c1-4-6-14(5-2)16-9-10-17-11-15(13(3)19)7-8-18(17)12-16;1-2-3-4(5)6/h9-10,12-15,19H,4-8,11H2,1-3H3;2-3H2,1H3,(H2,5,6). The van der Waals surface area contributed by atoms with E-state index >= 15 is 0 Å². The van der Waals surface area contributed by atoms with Gasteiger partial charge in [-0.2, -0.15) is 0 Å². The lowest BCUT2D eigenvalue weighted by Crippen LogP contribution is -2.24. The van der Waals surface area contributed by atoms with Crippen LogP contribution in [-0.4, -0.2) is 17.1 Å².